The number of methoxy groups -OCH3 is 2. The van der Waals surface area contributed by atoms with Crippen LogP contribution in [0.25, 0.3) is 16.5 Å². The van der Waals surface area contributed by atoms with Gasteiger partial charge < -0.3 is 19.3 Å². The minimum Gasteiger partial charge on any atom is -0.497 e. The Morgan fingerprint density at radius 1 is 0.886 bits per heavy atom. The van der Waals surface area contributed by atoms with Gasteiger partial charge >= 0.3 is 0 Å². The first-order valence-corrected chi connectivity index (χ1v) is 11.3. The summed E-state index contributed by atoms with van der Waals surface area (Å²) in [4.78, 5) is 35.4. The highest BCUT2D eigenvalue weighted by molar-refractivity contribution is 6.05. The molecular formula is C26H25N5O4. The molecule has 0 saturated carbocycles. The van der Waals surface area contributed by atoms with E-state index in [1.165, 1.54) is 11.8 Å². The molecule has 9 nitrogen and oxygen atoms in total. The van der Waals surface area contributed by atoms with Crippen molar-refractivity contribution in [3.8, 4) is 17.2 Å². The van der Waals surface area contributed by atoms with Crippen molar-refractivity contribution in [2.24, 2.45) is 0 Å². The highest BCUT2D eigenvalue weighted by Gasteiger charge is 2.27. The Bertz CT molecular complexity index is 1430. The summed E-state index contributed by atoms with van der Waals surface area (Å²) < 4.78 is 12.0. The Hall–Kier alpha value is -4.40. The predicted octanol–water partition coefficient (Wildman–Crippen LogP) is 2.76. The van der Waals surface area contributed by atoms with Crippen molar-refractivity contribution in [2.75, 3.05) is 45.3 Å². The van der Waals surface area contributed by atoms with E-state index < -0.39 is 0 Å². The molecule has 1 fully saturated rings. The Kier molecular flexibility index (Phi) is 6.05. The number of aromatic nitrogens is 3. The molecule has 4 aromatic rings. The van der Waals surface area contributed by atoms with Gasteiger partial charge in [-0.25, -0.2) is 4.98 Å². The summed E-state index contributed by atoms with van der Waals surface area (Å²) in [6.07, 6.45) is 1.76. The van der Waals surface area contributed by atoms with Gasteiger partial charge in [-0.2, -0.15) is 9.78 Å². The minimum atomic E-state index is -0.333. The Labute approximate surface area is 202 Å². The molecule has 2 aromatic carbocycles. The van der Waals surface area contributed by atoms with Gasteiger partial charge in [-0.15, -0.1) is 0 Å². The van der Waals surface area contributed by atoms with E-state index in [-0.39, 0.29) is 17.2 Å². The SMILES string of the molecule is COc1ccc(-n2nc(C(=O)N3CCN(c4ccccn4)CC3)c3ccccc3c2=O)c(OC)c1. The van der Waals surface area contributed by atoms with Gasteiger partial charge in [-0.3, -0.25) is 9.59 Å². The number of ether oxygens (including phenoxy) is 2. The van der Waals surface area contributed by atoms with Crippen LogP contribution in [0.4, 0.5) is 5.82 Å². The quantitative estimate of drug-likeness (QED) is 0.442. The highest BCUT2D eigenvalue weighted by atomic mass is 16.5. The lowest BCUT2D eigenvalue weighted by molar-refractivity contribution is 0.0741. The van der Waals surface area contributed by atoms with E-state index >= 15 is 0 Å². The van der Waals surface area contributed by atoms with Gasteiger partial charge in [0.05, 0.1) is 19.6 Å². The van der Waals surface area contributed by atoms with E-state index in [1.54, 1.807) is 60.7 Å². The first-order chi connectivity index (χ1) is 17.1. The van der Waals surface area contributed by atoms with Gasteiger partial charge in [0.1, 0.15) is 23.0 Å². The molecule has 1 aliphatic rings. The summed E-state index contributed by atoms with van der Waals surface area (Å²) in [5.41, 5.74) is 0.322. The molecule has 0 unspecified atom stereocenters. The molecule has 5 rings (SSSR count). The first-order valence-electron chi connectivity index (χ1n) is 11.3. The Morgan fingerprint density at radius 2 is 1.63 bits per heavy atom. The molecule has 0 N–H and O–H groups in total. The second-order valence-electron chi connectivity index (χ2n) is 8.12. The van der Waals surface area contributed by atoms with Gasteiger partial charge in [-0.05, 0) is 30.3 Å². The standard InChI is InChI=1S/C26H25N5O4/c1-34-18-10-11-21(22(17-18)35-2)31-25(32)20-8-4-3-7-19(20)24(28-31)26(33)30-15-13-29(14-16-30)23-9-5-6-12-27-23/h3-12,17H,13-16H2,1-2H3. The van der Waals surface area contributed by atoms with Crippen LogP contribution in [0.1, 0.15) is 10.5 Å². The van der Waals surface area contributed by atoms with E-state index in [0.717, 1.165) is 5.82 Å². The van der Waals surface area contributed by atoms with Crippen LogP contribution in [0.5, 0.6) is 11.5 Å². The molecule has 0 radical (unpaired) electrons. The largest absolute Gasteiger partial charge is 0.497 e. The number of amides is 1. The maximum absolute atomic E-state index is 13.7. The van der Waals surface area contributed by atoms with Crippen LogP contribution in [0.15, 0.2) is 71.7 Å². The van der Waals surface area contributed by atoms with Gasteiger partial charge in [0, 0.05) is 43.8 Å². The van der Waals surface area contributed by atoms with Crippen LogP contribution in [-0.4, -0.2) is 66.0 Å². The number of hydrogen-bond acceptors (Lipinski definition) is 7. The smallest absolute Gasteiger partial charge is 0.279 e. The van der Waals surface area contributed by atoms with Crippen LogP contribution in [0.2, 0.25) is 0 Å². The van der Waals surface area contributed by atoms with E-state index in [9.17, 15) is 9.59 Å². The van der Waals surface area contributed by atoms with E-state index in [4.69, 9.17) is 9.47 Å². The molecule has 1 amide bonds. The summed E-state index contributed by atoms with van der Waals surface area (Å²) in [5, 5.41) is 5.49. The van der Waals surface area contributed by atoms with Crippen molar-refractivity contribution in [1.82, 2.24) is 19.7 Å². The number of fused-ring (bicyclic) bond motifs is 1. The normalized spacial score (nSPS) is 13.7. The lowest BCUT2D eigenvalue weighted by Crippen LogP contribution is -2.49. The fourth-order valence-electron chi connectivity index (χ4n) is 4.30. The zero-order valence-corrected chi connectivity index (χ0v) is 19.5. The second-order valence-corrected chi connectivity index (χ2v) is 8.12. The van der Waals surface area contributed by atoms with Crippen LogP contribution < -0.4 is 19.9 Å². The lowest BCUT2D eigenvalue weighted by Gasteiger charge is -2.35. The second kappa shape index (κ2) is 9.46. The summed E-state index contributed by atoms with van der Waals surface area (Å²) >= 11 is 0. The molecule has 1 saturated heterocycles. The third kappa shape index (κ3) is 4.16. The van der Waals surface area contributed by atoms with Crippen LogP contribution in [0.3, 0.4) is 0 Å². The third-order valence-electron chi connectivity index (χ3n) is 6.16. The number of carbonyl (C=O) groups is 1. The first kappa shape index (κ1) is 22.4. The molecular weight excluding hydrogens is 446 g/mol. The van der Waals surface area contributed by atoms with Crippen molar-refractivity contribution in [2.45, 2.75) is 0 Å². The predicted molar refractivity (Wildman–Crippen MR) is 133 cm³/mol. The number of pyridine rings is 1. The summed E-state index contributed by atoms with van der Waals surface area (Å²) in [7, 11) is 3.07. The fraction of sp³-hybridized carbons (Fsp3) is 0.231. The number of piperazine rings is 1. The molecule has 1 aliphatic heterocycles. The maximum Gasteiger partial charge on any atom is 0.279 e. The van der Waals surface area contributed by atoms with Crippen molar-refractivity contribution in [3.05, 3.63) is 82.9 Å². The number of nitrogens with zero attached hydrogens (tertiary/aromatic N) is 5. The molecule has 3 heterocycles. The molecule has 35 heavy (non-hydrogen) atoms. The number of carbonyl (C=O) groups excluding carboxylic acids is 1. The Morgan fingerprint density at radius 3 is 2.31 bits per heavy atom. The van der Waals surface area contributed by atoms with Crippen molar-refractivity contribution in [1.29, 1.82) is 0 Å². The monoisotopic (exact) mass is 471 g/mol. The van der Waals surface area contributed by atoms with E-state index in [1.807, 2.05) is 18.2 Å². The summed E-state index contributed by atoms with van der Waals surface area (Å²) in [6.45, 7) is 2.37. The average molecular weight is 472 g/mol. The molecule has 2 aromatic heterocycles. The number of anilines is 1. The zero-order chi connectivity index (χ0) is 24.4. The van der Waals surface area contributed by atoms with Crippen LogP contribution >= 0.6 is 0 Å². The van der Waals surface area contributed by atoms with Crippen molar-refractivity contribution < 1.29 is 14.3 Å². The van der Waals surface area contributed by atoms with E-state index in [2.05, 4.69) is 15.0 Å². The van der Waals surface area contributed by atoms with E-state index in [0.29, 0.717) is 54.1 Å². The van der Waals surface area contributed by atoms with Gasteiger partial charge in [-0.1, -0.05) is 24.3 Å². The molecule has 9 heteroatoms. The topological polar surface area (TPSA) is 89.8 Å². The van der Waals surface area contributed by atoms with Gasteiger partial charge in [0.15, 0.2) is 5.69 Å². The molecule has 0 aliphatic carbocycles. The van der Waals surface area contributed by atoms with Crippen molar-refractivity contribution in [3.63, 3.8) is 0 Å². The Balaban J connectivity index is 1.53. The summed E-state index contributed by atoms with van der Waals surface area (Å²) in [6, 6.07) is 17.9. The summed E-state index contributed by atoms with van der Waals surface area (Å²) in [5.74, 6) is 1.67. The average Bonchev–Trinajstić information content (AvgIpc) is 2.93. The molecule has 0 bridgehead atoms. The fourth-order valence-corrected chi connectivity index (χ4v) is 4.30. The van der Waals surface area contributed by atoms with Gasteiger partial charge in [0.2, 0.25) is 0 Å². The highest BCUT2D eigenvalue weighted by Crippen LogP contribution is 2.27. The maximum atomic E-state index is 13.7. The molecule has 178 valence electrons. The van der Waals surface area contributed by atoms with Gasteiger partial charge in [0.25, 0.3) is 11.5 Å². The zero-order valence-electron chi connectivity index (χ0n) is 19.5. The number of hydrogen-bond donors (Lipinski definition) is 0. The van der Waals surface area contributed by atoms with Crippen LogP contribution in [0, 0.1) is 0 Å². The molecule has 0 spiro atoms. The third-order valence-corrected chi connectivity index (χ3v) is 6.16. The van der Waals surface area contributed by atoms with Crippen molar-refractivity contribution >= 4 is 22.5 Å². The lowest BCUT2D eigenvalue weighted by atomic mass is 10.1. The number of rotatable bonds is 5. The number of benzene rings is 2. The minimum absolute atomic E-state index is 0.219. The molecule has 0 atom stereocenters. The van der Waals surface area contributed by atoms with Crippen LogP contribution in [-0.2, 0) is 0 Å².